The minimum atomic E-state index is 0.0135. The van der Waals surface area contributed by atoms with E-state index in [1.807, 2.05) is 4.90 Å². The molecule has 0 unspecified atom stereocenters. The van der Waals surface area contributed by atoms with Crippen LogP contribution >= 0.6 is 0 Å². The molecule has 0 saturated carbocycles. The van der Waals surface area contributed by atoms with Crippen molar-refractivity contribution in [3.63, 3.8) is 0 Å². The van der Waals surface area contributed by atoms with Gasteiger partial charge in [-0.1, -0.05) is 18.2 Å². The van der Waals surface area contributed by atoms with E-state index < -0.39 is 0 Å². The SMILES string of the molecule is O=C(NCCCn1ccc2ccccc21)N1CCN(c2ncn[nH]2)CC1. The molecule has 2 N–H and O–H groups in total. The molecule has 1 aliphatic heterocycles. The Morgan fingerprint density at radius 3 is 2.81 bits per heavy atom. The molecule has 1 fully saturated rings. The molecule has 1 aromatic carbocycles. The maximum atomic E-state index is 12.3. The van der Waals surface area contributed by atoms with Crippen molar-refractivity contribution in [1.82, 2.24) is 30.0 Å². The maximum Gasteiger partial charge on any atom is 0.317 e. The fourth-order valence-electron chi connectivity index (χ4n) is 3.36. The number of amides is 2. The molecular formula is C18H23N7O. The monoisotopic (exact) mass is 353 g/mol. The smallest absolute Gasteiger partial charge is 0.317 e. The van der Waals surface area contributed by atoms with Crippen LogP contribution in [0.3, 0.4) is 0 Å². The van der Waals surface area contributed by atoms with Gasteiger partial charge in [0.15, 0.2) is 0 Å². The van der Waals surface area contributed by atoms with E-state index in [2.05, 4.69) is 66.5 Å². The lowest BCUT2D eigenvalue weighted by Crippen LogP contribution is -2.52. The number of benzene rings is 1. The zero-order valence-corrected chi connectivity index (χ0v) is 14.6. The third-order valence-corrected chi connectivity index (χ3v) is 4.80. The van der Waals surface area contributed by atoms with Gasteiger partial charge >= 0.3 is 6.03 Å². The number of carbonyl (C=O) groups excluding carboxylic acids is 1. The van der Waals surface area contributed by atoms with Crippen LogP contribution in [-0.2, 0) is 6.54 Å². The Hall–Kier alpha value is -3.03. The van der Waals surface area contributed by atoms with Crippen LogP contribution in [0.25, 0.3) is 10.9 Å². The van der Waals surface area contributed by atoms with Crippen molar-refractivity contribution in [3.8, 4) is 0 Å². The molecule has 3 heterocycles. The number of aromatic amines is 1. The van der Waals surface area contributed by atoms with Gasteiger partial charge in [0.2, 0.25) is 5.95 Å². The molecule has 3 aromatic rings. The quantitative estimate of drug-likeness (QED) is 0.684. The van der Waals surface area contributed by atoms with Crippen LogP contribution in [0.2, 0.25) is 0 Å². The Balaban J connectivity index is 1.20. The fourth-order valence-corrected chi connectivity index (χ4v) is 3.36. The molecule has 1 aliphatic rings. The van der Waals surface area contributed by atoms with Crippen LogP contribution in [0, 0.1) is 0 Å². The van der Waals surface area contributed by atoms with Gasteiger partial charge in [-0.05, 0) is 23.9 Å². The molecule has 8 heteroatoms. The van der Waals surface area contributed by atoms with Gasteiger partial charge in [0.25, 0.3) is 0 Å². The number of anilines is 1. The normalized spacial score (nSPS) is 14.8. The fraction of sp³-hybridized carbons (Fsp3) is 0.389. The summed E-state index contributed by atoms with van der Waals surface area (Å²) < 4.78 is 2.23. The van der Waals surface area contributed by atoms with Gasteiger partial charge in [-0.15, -0.1) is 0 Å². The summed E-state index contributed by atoms with van der Waals surface area (Å²) in [6, 6.07) is 10.5. The summed E-state index contributed by atoms with van der Waals surface area (Å²) in [6.07, 6.45) is 4.51. The average molecular weight is 353 g/mol. The first-order chi connectivity index (χ1) is 12.8. The second-order valence-electron chi connectivity index (χ2n) is 6.44. The Morgan fingerprint density at radius 1 is 1.15 bits per heavy atom. The number of piperazine rings is 1. The lowest BCUT2D eigenvalue weighted by atomic mass is 10.2. The van der Waals surface area contributed by atoms with Crippen molar-refractivity contribution in [2.24, 2.45) is 0 Å². The van der Waals surface area contributed by atoms with E-state index in [4.69, 9.17) is 0 Å². The lowest BCUT2D eigenvalue weighted by Gasteiger charge is -2.34. The van der Waals surface area contributed by atoms with Gasteiger partial charge in [0.1, 0.15) is 6.33 Å². The van der Waals surface area contributed by atoms with Crippen LogP contribution < -0.4 is 10.2 Å². The van der Waals surface area contributed by atoms with Crippen molar-refractivity contribution >= 4 is 22.9 Å². The lowest BCUT2D eigenvalue weighted by molar-refractivity contribution is 0.194. The number of H-pyrrole nitrogens is 1. The Kier molecular flexibility index (Phi) is 4.72. The summed E-state index contributed by atoms with van der Waals surface area (Å²) in [7, 11) is 0. The molecule has 0 aliphatic carbocycles. The molecule has 2 amide bonds. The number of hydrogen-bond acceptors (Lipinski definition) is 4. The minimum absolute atomic E-state index is 0.0135. The van der Waals surface area contributed by atoms with Gasteiger partial charge in [-0.25, -0.2) is 9.89 Å². The molecule has 0 atom stereocenters. The summed E-state index contributed by atoms with van der Waals surface area (Å²) in [4.78, 5) is 20.4. The van der Waals surface area contributed by atoms with Crippen LogP contribution in [-0.4, -0.2) is 63.4 Å². The highest BCUT2D eigenvalue weighted by molar-refractivity contribution is 5.79. The number of carbonyl (C=O) groups is 1. The van der Waals surface area contributed by atoms with E-state index in [1.54, 1.807) is 0 Å². The van der Waals surface area contributed by atoms with Crippen molar-refractivity contribution in [1.29, 1.82) is 0 Å². The number of nitrogens with zero attached hydrogens (tertiary/aromatic N) is 5. The van der Waals surface area contributed by atoms with Crippen LogP contribution in [0.1, 0.15) is 6.42 Å². The number of fused-ring (bicyclic) bond motifs is 1. The number of aryl methyl sites for hydroxylation is 1. The zero-order chi connectivity index (χ0) is 17.8. The van der Waals surface area contributed by atoms with Gasteiger partial charge < -0.3 is 19.7 Å². The Bertz CT molecular complexity index is 849. The van der Waals surface area contributed by atoms with Gasteiger partial charge in [-0.2, -0.15) is 10.1 Å². The zero-order valence-electron chi connectivity index (χ0n) is 14.6. The summed E-state index contributed by atoms with van der Waals surface area (Å²) in [6.45, 7) is 4.47. The molecule has 8 nitrogen and oxygen atoms in total. The van der Waals surface area contributed by atoms with Crippen molar-refractivity contribution in [3.05, 3.63) is 42.9 Å². The third-order valence-electron chi connectivity index (χ3n) is 4.80. The summed E-state index contributed by atoms with van der Waals surface area (Å²) in [5.41, 5.74) is 1.24. The first kappa shape index (κ1) is 16.4. The van der Waals surface area contributed by atoms with Crippen molar-refractivity contribution in [2.45, 2.75) is 13.0 Å². The number of urea groups is 1. The third kappa shape index (κ3) is 3.49. The maximum absolute atomic E-state index is 12.3. The first-order valence-electron chi connectivity index (χ1n) is 8.98. The van der Waals surface area contributed by atoms with Crippen LogP contribution in [0.15, 0.2) is 42.9 Å². The van der Waals surface area contributed by atoms with E-state index in [1.165, 1.54) is 17.2 Å². The van der Waals surface area contributed by atoms with Crippen molar-refractivity contribution in [2.75, 3.05) is 37.6 Å². The van der Waals surface area contributed by atoms with E-state index in [0.29, 0.717) is 19.6 Å². The predicted octanol–water partition coefficient (Wildman–Crippen LogP) is 1.68. The summed E-state index contributed by atoms with van der Waals surface area (Å²) in [5.74, 6) is 0.768. The highest BCUT2D eigenvalue weighted by Gasteiger charge is 2.22. The highest BCUT2D eigenvalue weighted by atomic mass is 16.2. The van der Waals surface area contributed by atoms with E-state index in [9.17, 15) is 4.79 Å². The standard InChI is InChI=1S/C18H23N7O/c26-18(25-12-10-24(11-13-25)17-20-14-21-22-17)19-7-3-8-23-9-6-15-4-1-2-5-16(15)23/h1-2,4-6,9,14H,3,7-8,10-13H2,(H,19,26)(H,20,21,22). The summed E-state index contributed by atoms with van der Waals surface area (Å²) >= 11 is 0. The highest BCUT2D eigenvalue weighted by Crippen LogP contribution is 2.15. The first-order valence-corrected chi connectivity index (χ1v) is 8.98. The molecule has 4 rings (SSSR count). The molecule has 2 aromatic heterocycles. The Labute approximate surface area is 151 Å². The second-order valence-corrected chi connectivity index (χ2v) is 6.44. The summed E-state index contributed by atoms with van der Waals surface area (Å²) in [5, 5.41) is 11.0. The van der Waals surface area contributed by atoms with Gasteiger partial charge in [0, 0.05) is 51.0 Å². The second kappa shape index (κ2) is 7.47. The minimum Gasteiger partial charge on any atom is -0.347 e. The van der Waals surface area contributed by atoms with Crippen molar-refractivity contribution < 1.29 is 4.79 Å². The van der Waals surface area contributed by atoms with E-state index in [0.717, 1.165) is 32.0 Å². The number of nitrogens with one attached hydrogen (secondary N) is 2. The molecule has 1 saturated heterocycles. The molecule has 0 spiro atoms. The van der Waals surface area contributed by atoms with E-state index >= 15 is 0 Å². The molecule has 26 heavy (non-hydrogen) atoms. The number of para-hydroxylation sites is 1. The number of aromatic nitrogens is 4. The predicted molar refractivity (Wildman–Crippen MR) is 100 cm³/mol. The number of rotatable bonds is 5. The molecular weight excluding hydrogens is 330 g/mol. The molecule has 0 radical (unpaired) electrons. The van der Waals surface area contributed by atoms with Gasteiger partial charge in [0.05, 0.1) is 0 Å². The Morgan fingerprint density at radius 2 is 2.00 bits per heavy atom. The largest absolute Gasteiger partial charge is 0.347 e. The van der Waals surface area contributed by atoms with Crippen LogP contribution in [0.4, 0.5) is 10.7 Å². The average Bonchev–Trinajstić information content (AvgIpc) is 3.35. The van der Waals surface area contributed by atoms with Gasteiger partial charge in [-0.3, -0.25) is 0 Å². The van der Waals surface area contributed by atoms with Crippen LogP contribution in [0.5, 0.6) is 0 Å². The topological polar surface area (TPSA) is 82.1 Å². The molecule has 136 valence electrons. The number of hydrogen-bond donors (Lipinski definition) is 2. The van der Waals surface area contributed by atoms with E-state index in [-0.39, 0.29) is 6.03 Å². The molecule has 0 bridgehead atoms.